The van der Waals surface area contributed by atoms with E-state index in [1.54, 1.807) is 25.2 Å². The van der Waals surface area contributed by atoms with Gasteiger partial charge in [0.2, 0.25) is 5.95 Å². The van der Waals surface area contributed by atoms with E-state index in [0.717, 1.165) is 10.7 Å². The molecule has 1 aromatic heterocycles. The van der Waals surface area contributed by atoms with Gasteiger partial charge in [-0.1, -0.05) is 15.9 Å². The molecule has 0 saturated carbocycles. The SMILES string of the molecule is CNc1ncc(F)c(Nc2cc(Br)ccc2C#N)n1. The summed E-state index contributed by atoms with van der Waals surface area (Å²) in [6.45, 7) is 0. The van der Waals surface area contributed by atoms with Crippen LogP contribution in [0.4, 0.5) is 21.8 Å². The molecule has 0 aliphatic rings. The number of nitriles is 1. The van der Waals surface area contributed by atoms with Crippen molar-refractivity contribution in [3.8, 4) is 6.07 Å². The third-order valence-corrected chi connectivity index (χ3v) is 2.82. The second-order valence-electron chi connectivity index (χ2n) is 3.57. The van der Waals surface area contributed by atoms with Crippen LogP contribution in [-0.2, 0) is 0 Å². The van der Waals surface area contributed by atoms with Crippen LogP contribution >= 0.6 is 15.9 Å². The molecule has 0 fully saturated rings. The normalized spacial score (nSPS) is 9.79. The Morgan fingerprint density at radius 3 is 2.89 bits per heavy atom. The van der Waals surface area contributed by atoms with Gasteiger partial charge >= 0.3 is 0 Å². The minimum Gasteiger partial charge on any atom is -0.357 e. The van der Waals surface area contributed by atoms with E-state index in [0.29, 0.717) is 11.3 Å². The van der Waals surface area contributed by atoms with Gasteiger partial charge in [-0.25, -0.2) is 9.37 Å². The molecule has 0 spiro atoms. The Hall–Kier alpha value is -2.20. The number of anilines is 3. The fourth-order valence-electron chi connectivity index (χ4n) is 1.42. The fraction of sp³-hybridized carbons (Fsp3) is 0.0833. The predicted molar refractivity (Wildman–Crippen MR) is 73.7 cm³/mol. The van der Waals surface area contributed by atoms with E-state index >= 15 is 0 Å². The highest BCUT2D eigenvalue weighted by Gasteiger charge is 2.09. The van der Waals surface area contributed by atoms with Crippen molar-refractivity contribution in [2.24, 2.45) is 0 Å². The van der Waals surface area contributed by atoms with E-state index in [1.165, 1.54) is 0 Å². The molecule has 0 aliphatic carbocycles. The minimum atomic E-state index is -0.595. The lowest BCUT2D eigenvalue weighted by Crippen LogP contribution is -2.04. The molecule has 0 bridgehead atoms. The summed E-state index contributed by atoms with van der Waals surface area (Å²) in [6.07, 6.45) is 1.06. The Morgan fingerprint density at radius 2 is 2.21 bits per heavy atom. The first kappa shape index (κ1) is 13.2. The maximum atomic E-state index is 13.6. The molecule has 1 aromatic carbocycles. The van der Waals surface area contributed by atoms with Gasteiger partial charge in [-0.2, -0.15) is 10.2 Å². The molecule has 2 rings (SSSR count). The van der Waals surface area contributed by atoms with Crippen LogP contribution < -0.4 is 10.6 Å². The number of hydrogen-bond acceptors (Lipinski definition) is 5. The number of aromatic nitrogens is 2. The molecule has 0 saturated heterocycles. The minimum absolute atomic E-state index is 0.00829. The van der Waals surface area contributed by atoms with Gasteiger partial charge in [0.1, 0.15) is 6.07 Å². The Labute approximate surface area is 117 Å². The van der Waals surface area contributed by atoms with Gasteiger partial charge < -0.3 is 10.6 Å². The van der Waals surface area contributed by atoms with E-state index < -0.39 is 5.82 Å². The summed E-state index contributed by atoms with van der Waals surface area (Å²) >= 11 is 3.30. The van der Waals surface area contributed by atoms with Gasteiger partial charge in [-0.3, -0.25) is 0 Å². The molecule has 2 N–H and O–H groups in total. The molecule has 0 amide bonds. The number of rotatable bonds is 3. The number of hydrogen-bond donors (Lipinski definition) is 2. The smallest absolute Gasteiger partial charge is 0.224 e. The van der Waals surface area contributed by atoms with E-state index in [1.807, 2.05) is 6.07 Å². The largest absolute Gasteiger partial charge is 0.357 e. The lowest BCUT2D eigenvalue weighted by Gasteiger charge is -2.09. The zero-order valence-corrected chi connectivity index (χ0v) is 11.5. The first-order valence-electron chi connectivity index (χ1n) is 5.31. The van der Waals surface area contributed by atoms with E-state index in [-0.39, 0.29) is 11.8 Å². The van der Waals surface area contributed by atoms with Crippen molar-refractivity contribution in [2.75, 3.05) is 17.7 Å². The van der Waals surface area contributed by atoms with Crippen LogP contribution in [0.15, 0.2) is 28.9 Å². The maximum absolute atomic E-state index is 13.6. The zero-order chi connectivity index (χ0) is 13.8. The summed E-state index contributed by atoms with van der Waals surface area (Å²) in [5, 5.41) is 14.5. The van der Waals surface area contributed by atoms with Gasteiger partial charge in [0, 0.05) is 11.5 Å². The third kappa shape index (κ3) is 2.98. The van der Waals surface area contributed by atoms with Crippen LogP contribution in [0.2, 0.25) is 0 Å². The Bertz CT molecular complexity index is 653. The number of nitrogens with zero attached hydrogens (tertiary/aromatic N) is 3. The molecule has 1 heterocycles. The topological polar surface area (TPSA) is 73.6 Å². The van der Waals surface area contributed by atoms with Gasteiger partial charge in [0.05, 0.1) is 17.4 Å². The van der Waals surface area contributed by atoms with Crippen molar-refractivity contribution in [1.82, 2.24) is 9.97 Å². The van der Waals surface area contributed by atoms with Crippen molar-refractivity contribution in [3.05, 3.63) is 40.2 Å². The molecule has 5 nitrogen and oxygen atoms in total. The highest BCUT2D eigenvalue weighted by Crippen LogP contribution is 2.25. The average molecular weight is 322 g/mol. The Balaban J connectivity index is 2.41. The summed E-state index contributed by atoms with van der Waals surface area (Å²) in [4.78, 5) is 7.71. The summed E-state index contributed by atoms with van der Waals surface area (Å²) in [5.41, 5.74) is 0.865. The summed E-state index contributed by atoms with van der Waals surface area (Å²) in [7, 11) is 1.64. The van der Waals surface area contributed by atoms with Crippen molar-refractivity contribution in [3.63, 3.8) is 0 Å². The van der Waals surface area contributed by atoms with Crippen molar-refractivity contribution in [1.29, 1.82) is 5.26 Å². The van der Waals surface area contributed by atoms with Crippen LogP contribution in [0.25, 0.3) is 0 Å². The van der Waals surface area contributed by atoms with Crippen LogP contribution in [0.1, 0.15) is 5.56 Å². The lowest BCUT2D eigenvalue weighted by atomic mass is 10.2. The Morgan fingerprint density at radius 1 is 1.42 bits per heavy atom. The van der Waals surface area contributed by atoms with Crippen molar-refractivity contribution >= 4 is 33.4 Å². The predicted octanol–water partition coefficient (Wildman–Crippen LogP) is 3.04. The monoisotopic (exact) mass is 321 g/mol. The first-order chi connectivity index (χ1) is 9.13. The quantitative estimate of drug-likeness (QED) is 0.909. The van der Waals surface area contributed by atoms with Crippen LogP contribution in [0, 0.1) is 17.1 Å². The van der Waals surface area contributed by atoms with Gasteiger partial charge in [0.15, 0.2) is 11.6 Å². The van der Waals surface area contributed by atoms with E-state index in [4.69, 9.17) is 5.26 Å². The molecule has 2 aromatic rings. The highest BCUT2D eigenvalue weighted by molar-refractivity contribution is 9.10. The zero-order valence-electron chi connectivity index (χ0n) is 9.91. The molecule has 7 heteroatoms. The highest BCUT2D eigenvalue weighted by atomic mass is 79.9. The van der Waals surface area contributed by atoms with E-state index in [2.05, 4.69) is 36.5 Å². The van der Waals surface area contributed by atoms with Crippen molar-refractivity contribution in [2.45, 2.75) is 0 Å². The molecule has 0 unspecified atom stereocenters. The van der Waals surface area contributed by atoms with E-state index in [9.17, 15) is 4.39 Å². The van der Waals surface area contributed by atoms with Crippen LogP contribution in [0.3, 0.4) is 0 Å². The van der Waals surface area contributed by atoms with Gasteiger partial charge in [-0.05, 0) is 18.2 Å². The van der Waals surface area contributed by atoms with Crippen LogP contribution in [0.5, 0.6) is 0 Å². The Kier molecular flexibility index (Phi) is 3.92. The molecule has 19 heavy (non-hydrogen) atoms. The third-order valence-electron chi connectivity index (χ3n) is 2.32. The average Bonchev–Trinajstić information content (AvgIpc) is 2.41. The fourth-order valence-corrected chi connectivity index (χ4v) is 1.78. The van der Waals surface area contributed by atoms with Gasteiger partial charge in [0.25, 0.3) is 0 Å². The standard InChI is InChI=1S/C12H9BrFN5/c1-16-12-17-6-9(14)11(19-12)18-10-4-8(13)3-2-7(10)5-15/h2-4,6H,1H3,(H2,16,17,18,19). The second kappa shape index (κ2) is 5.63. The summed E-state index contributed by atoms with van der Waals surface area (Å²) in [5.74, 6) is -0.297. The maximum Gasteiger partial charge on any atom is 0.224 e. The number of halogens is 2. The molecule has 0 aliphatic heterocycles. The molecular weight excluding hydrogens is 313 g/mol. The number of nitrogens with one attached hydrogen (secondary N) is 2. The lowest BCUT2D eigenvalue weighted by molar-refractivity contribution is 0.619. The number of benzene rings is 1. The molecule has 96 valence electrons. The van der Waals surface area contributed by atoms with Crippen LogP contribution in [-0.4, -0.2) is 17.0 Å². The molecular formula is C12H9BrFN5. The second-order valence-corrected chi connectivity index (χ2v) is 4.48. The van der Waals surface area contributed by atoms with Crippen molar-refractivity contribution < 1.29 is 4.39 Å². The van der Waals surface area contributed by atoms with Gasteiger partial charge in [-0.15, -0.1) is 0 Å². The first-order valence-corrected chi connectivity index (χ1v) is 6.10. The molecule has 0 radical (unpaired) electrons. The molecule has 0 atom stereocenters. The summed E-state index contributed by atoms with van der Waals surface area (Å²) in [6, 6.07) is 7.07. The summed E-state index contributed by atoms with van der Waals surface area (Å²) < 4.78 is 14.4.